The van der Waals surface area contributed by atoms with E-state index in [9.17, 15) is 8.78 Å². The lowest BCUT2D eigenvalue weighted by atomic mass is 10.0. The average molecular weight is 362 g/mol. The Morgan fingerprint density at radius 1 is 1.40 bits per heavy atom. The summed E-state index contributed by atoms with van der Waals surface area (Å²) in [7, 11) is 0. The van der Waals surface area contributed by atoms with Crippen molar-refractivity contribution >= 4 is 27.7 Å². The Hall–Kier alpha value is -0.920. The molecule has 1 aromatic carbocycles. The highest BCUT2D eigenvalue weighted by Gasteiger charge is 2.20. The van der Waals surface area contributed by atoms with Gasteiger partial charge in [-0.3, -0.25) is 0 Å². The summed E-state index contributed by atoms with van der Waals surface area (Å²) in [6.45, 7) is 2.78. The van der Waals surface area contributed by atoms with Crippen LogP contribution in [0.3, 0.4) is 0 Å². The number of hydrogen-bond acceptors (Lipinski definition) is 4. The molecule has 0 amide bonds. The molecule has 1 N–H and O–H groups in total. The van der Waals surface area contributed by atoms with Crippen molar-refractivity contribution in [3.05, 3.63) is 45.7 Å². The van der Waals surface area contributed by atoms with E-state index in [0.717, 1.165) is 24.7 Å². The smallest absolute Gasteiger partial charge is 0.143 e. The van der Waals surface area contributed by atoms with Crippen LogP contribution in [0.25, 0.3) is 0 Å². The number of aromatic nitrogens is 2. The number of nitrogens with zero attached hydrogens (tertiary/aromatic N) is 2. The van der Waals surface area contributed by atoms with Crippen LogP contribution in [0.5, 0.6) is 0 Å². The van der Waals surface area contributed by atoms with E-state index in [1.54, 1.807) is 6.20 Å². The fraction of sp³-hybridized carbons (Fsp3) is 0.385. The molecule has 3 nitrogen and oxygen atoms in total. The van der Waals surface area contributed by atoms with Crippen molar-refractivity contribution < 1.29 is 8.78 Å². The lowest BCUT2D eigenvalue weighted by Gasteiger charge is -2.17. The third-order valence-electron chi connectivity index (χ3n) is 2.92. The zero-order valence-electron chi connectivity index (χ0n) is 10.9. The highest BCUT2D eigenvalue weighted by atomic mass is 79.9. The van der Waals surface area contributed by atoms with Crippen LogP contribution in [-0.2, 0) is 6.42 Å². The average Bonchev–Trinajstić information content (AvgIpc) is 2.96. The zero-order valence-corrected chi connectivity index (χ0v) is 13.3. The van der Waals surface area contributed by atoms with Gasteiger partial charge in [-0.2, -0.15) is 8.75 Å². The van der Waals surface area contributed by atoms with Crippen LogP contribution >= 0.6 is 27.7 Å². The molecule has 1 heterocycles. The second kappa shape index (κ2) is 7.19. The monoisotopic (exact) mass is 361 g/mol. The summed E-state index contributed by atoms with van der Waals surface area (Å²) in [5, 5.41) is 3.25. The molecule has 1 unspecified atom stereocenters. The predicted molar refractivity (Wildman–Crippen MR) is 78.7 cm³/mol. The van der Waals surface area contributed by atoms with Gasteiger partial charge in [-0.1, -0.05) is 6.92 Å². The van der Waals surface area contributed by atoms with Gasteiger partial charge < -0.3 is 5.32 Å². The Balaban J connectivity index is 2.26. The van der Waals surface area contributed by atoms with Gasteiger partial charge >= 0.3 is 0 Å². The molecule has 1 atom stereocenters. The Bertz CT molecular complexity index is 563. The Morgan fingerprint density at radius 2 is 2.20 bits per heavy atom. The number of nitrogens with one attached hydrogen (secondary N) is 1. The predicted octanol–water partition coefficient (Wildman–Crippen LogP) is 3.86. The molecule has 0 bridgehead atoms. The molecule has 7 heteroatoms. The van der Waals surface area contributed by atoms with Gasteiger partial charge in [0.1, 0.15) is 11.6 Å². The summed E-state index contributed by atoms with van der Waals surface area (Å²) < 4.78 is 36.2. The minimum atomic E-state index is -0.559. The molecule has 0 saturated carbocycles. The van der Waals surface area contributed by atoms with Crippen molar-refractivity contribution in [1.29, 1.82) is 0 Å². The molecule has 2 rings (SSSR count). The first-order valence-corrected chi connectivity index (χ1v) is 7.79. The van der Waals surface area contributed by atoms with Gasteiger partial charge in [0.15, 0.2) is 0 Å². The van der Waals surface area contributed by atoms with E-state index in [0.29, 0.717) is 5.69 Å². The molecule has 0 saturated heterocycles. The third kappa shape index (κ3) is 3.59. The molecule has 20 heavy (non-hydrogen) atoms. The van der Waals surface area contributed by atoms with Gasteiger partial charge in [-0.15, -0.1) is 0 Å². The second-order valence-corrected chi connectivity index (χ2v) is 5.78. The molecule has 0 aliphatic heterocycles. The van der Waals surface area contributed by atoms with Crippen molar-refractivity contribution in [3.8, 4) is 0 Å². The summed E-state index contributed by atoms with van der Waals surface area (Å²) in [5.74, 6) is -1.10. The lowest BCUT2D eigenvalue weighted by Crippen LogP contribution is -2.25. The first-order valence-electron chi connectivity index (χ1n) is 6.26. The topological polar surface area (TPSA) is 37.8 Å². The second-order valence-electron chi connectivity index (χ2n) is 4.36. The number of benzene rings is 1. The summed E-state index contributed by atoms with van der Waals surface area (Å²) in [5.41, 5.74) is 0.767. The van der Waals surface area contributed by atoms with Crippen LogP contribution in [0, 0.1) is 11.6 Å². The summed E-state index contributed by atoms with van der Waals surface area (Å²) in [6.07, 6.45) is 2.76. The van der Waals surface area contributed by atoms with E-state index in [-0.39, 0.29) is 22.5 Å². The molecular weight excluding hydrogens is 348 g/mol. The Morgan fingerprint density at radius 3 is 2.85 bits per heavy atom. The van der Waals surface area contributed by atoms with Crippen molar-refractivity contribution in [2.75, 3.05) is 6.54 Å². The summed E-state index contributed by atoms with van der Waals surface area (Å²) in [6, 6.07) is 2.39. The highest BCUT2D eigenvalue weighted by molar-refractivity contribution is 9.10. The van der Waals surface area contributed by atoms with E-state index >= 15 is 0 Å². The normalized spacial score (nSPS) is 12.6. The van der Waals surface area contributed by atoms with Crippen molar-refractivity contribution in [3.63, 3.8) is 0 Å². The Labute approximate surface area is 128 Å². The molecule has 1 aromatic heterocycles. The number of halogens is 3. The quantitative estimate of drug-likeness (QED) is 0.793. The maximum atomic E-state index is 14.0. The van der Waals surface area contributed by atoms with E-state index in [1.807, 2.05) is 6.92 Å². The molecule has 0 fully saturated rings. The SMILES string of the molecule is CCCNC(Cc1c(F)ccc(Br)c1F)c1cnsn1. The number of rotatable bonds is 6. The number of hydrogen-bond donors (Lipinski definition) is 1. The third-order valence-corrected chi connectivity index (χ3v) is 4.03. The zero-order chi connectivity index (χ0) is 14.5. The van der Waals surface area contributed by atoms with Gasteiger partial charge in [-0.25, -0.2) is 8.78 Å². The van der Waals surface area contributed by atoms with Crippen molar-refractivity contribution in [1.82, 2.24) is 14.1 Å². The van der Waals surface area contributed by atoms with Crippen LogP contribution in [0.15, 0.2) is 22.8 Å². The van der Waals surface area contributed by atoms with Gasteiger partial charge in [0.2, 0.25) is 0 Å². The van der Waals surface area contributed by atoms with Gasteiger partial charge in [0.25, 0.3) is 0 Å². The summed E-state index contributed by atoms with van der Waals surface area (Å²) >= 11 is 4.17. The molecule has 2 aromatic rings. The maximum absolute atomic E-state index is 14.0. The van der Waals surface area contributed by atoms with E-state index in [4.69, 9.17) is 0 Å². The van der Waals surface area contributed by atoms with Crippen LogP contribution in [0.2, 0.25) is 0 Å². The van der Waals surface area contributed by atoms with Crippen LogP contribution in [0.1, 0.15) is 30.6 Å². The van der Waals surface area contributed by atoms with Gasteiger partial charge in [0, 0.05) is 5.56 Å². The van der Waals surface area contributed by atoms with Crippen LogP contribution in [0.4, 0.5) is 8.78 Å². The largest absolute Gasteiger partial charge is 0.308 e. The fourth-order valence-corrected chi connectivity index (χ4v) is 2.73. The minimum Gasteiger partial charge on any atom is -0.308 e. The lowest BCUT2D eigenvalue weighted by molar-refractivity contribution is 0.483. The van der Waals surface area contributed by atoms with Crippen LogP contribution < -0.4 is 5.32 Å². The summed E-state index contributed by atoms with van der Waals surface area (Å²) in [4.78, 5) is 0. The van der Waals surface area contributed by atoms with Gasteiger partial charge in [-0.05, 0) is 47.4 Å². The molecule has 0 aliphatic carbocycles. The maximum Gasteiger partial charge on any atom is 0.143 e. The molecule has 108 valence electrons. The molecule has 0 aliphatic rings. The molecule has 0 radical (unpaired) electrons. The minimum absolute atomic E-state index is 0.0565. The standard InChI is InChI=1S/C13H14BrF2N3S/c1-2-5-17-11(12-7-18-20-19-12)6-8-10(15)4-3-9(14)13(8)16/h3-4,7,11,17H,2,5-6H2,1H3. The van der Waals surface area contributed by atoms with Crippen molar-refractivity contribution in [2.45, 2.75) is 25.8 Å². The first-order chi connectivity index (χ1) is 9.63. The van der Waals surface area contributed by atoms with E-state index < -0.39 is 11.6 Å². The highest BCUT2D eigenvalue weighted by Crippen LogP contribution is 2.26. The fourth-order valence-electron chi connectivity index (χ4n) is 1.89. The van der Waals surface area contributed by atoms with E-state index in [1.165, 1.54) is 12.1 Å². The Kier molecular flexibility index (Phi) is 5.56. The van der Waals surface area contributed by atoms with Crippen molar-refractivity contribution in [2.24, 2.45) is 0 Å². The van der Waals surface area contributed by atoms with Crippen LogP contribution in [-0.4, -0.2) is 15.3 Å². The van der Waals surface area contributed by atoms with Gasteiger partial charge in [0.05, 0.1) is 34.1 Å². The molecule has 0 spiro atoms. The first kappa shape index (κ1) is 15.5. The van der Waals surface area contributed by atoms with E-state index in [2.05, 4.69) is 30.0 Å². The molecular formula is C13H14BrF2N3S.